The summed E-state index contributed by atoms with van der Waals surface area (Å²) < 4.78 is 11.0. The Labute approximate surface area is 113 Å². The molecule has 0 unspecified atom stereocenters. The van der Waals surface area contributed by atoms with Crippen LogP contribution in [0.3, 0.4) is 0 Å². The molecule has 1 aromatic carbocycles. The standard InChI is InChI=1S/C15H20N2O2/c1-3-6-13-14(19-17-15(13)16)11-7-5-8-12(10-11)18-9-4-2/h5,7-8,10H,3-4,6,9H2,1-2H3,(H2,16,17). The van der Waals surface area contributed by atoms with Crippen LogP contribution < -0.4 is 10.5 Å². The largest absolute Gasteiger partial charge is 0.494 e. The highest BCUT2D eigenvalue weighted by Crippen LogP contribution is 2.30. The quantitative estimate of drug-likeness (QED) is 0.860. The zero-order chi connectivity index (χ0) is 13.7. The second kappa shape index (κ2) is 6.27. The van der Waals surface area contributed by atoms with E-state index in [1.807, 2.05) is 24.3 Å². The smallest absolute Gasteiger partial charge is 0.172 e. The molecule has 0 saturated heterocycles. The monoisotopic (exact) mass is 260 g/mol. The first-order valence-corrected chi connectivity index (χ1v) is 6.73. The van der Waals surface area contributed by atoms with E-state index < -0.39 is 0 Å². The van der Waals surface area contributed by atoms with Gasteiger partial charge in [0.25, 0.3) is 0 Å². The number of nitrogens with two attached hydrogens (primary N) is 1. The van der Waals surface area contributed by atoms with Crippen LogP contribution in [0.5, 0.6) is 5.75 Å². The van der Waals surface area contributed by atoms with E-state index in [1.54, 1.807) is 0 Å². The van der Waals surface area contributed by atoms with Gasteiger partial charge in [-0.25, -0.2) is 0 Å². The maximum absolute atomic E-state index is 5.85. The van der Waals surface area contributed by atoms with E-state index in [-0.39, 0.29) is 0 Å². The summed E-state index contributed by atoms with van der Waals surface area (Å²) in [5.41, 5.74) is 7.79. The van der Waals surface area contributed by atoms with Crippen molar-refractivity contribution in [1.29, 1.82) is 0 Å². The number of nitrogens with zero attached hydrogens (tertiary/aromatic N) is 1. The van der Waals surface area contributed by atoms with Crippen molar-refractivity contribution in [2.24, 2.45) is 0 Å². The average molecular weight is 260 g/mol. The molecular weight excluding hydrogens is 240 g/mol. The van der Waals surface area contributed by atoms with Crippen molar-refractivity contribution < 1.29 is 9.26 Å². The highest BCUT2D eigenvalue weighted by atomic mass is 16.5. The minimum Gasteiger partial charge on any atom is -0.494 e. The second-order valence-corrected chi connectivity index (χ2v) is 4.50. The molecule has 0 spiro atoms. The maximum atomic E-state index is 5.85. The third kappa shape index (κ3) is 3.08. The molecule has 1 heterocycles. The summed E-state index contributed by atoms with van der Waals surface area (Å²) in [7, 11) is 0. The van der Waals surface area contributed by atoms with Gasteiger partial charge in [-0.2, -0.15) is 0 Å². The van der Waals surface area contributed by atoms with E-state index in [1.165, 1.54) is 0 Å². The van der Waals surface area contributed by atoms with Crippen molar-refractivity contribution in [3.8, 4) is 17.1 Å². The van der Waals surface area contributed by atoms with Crippen molar-refractivity contribution >= 4 is 5.82 Å². The Balaban J connectivity index is 2.30. The van der Waals surface area contributed by atoms with E-state index in [4.69, 9.17) is 15.0 Å². The van der Waals surface area contributed by atoms with Crippen LogP contribution in [0.15, 0.2) is 28.8 Å². The van der Waals surface area contributed by atoms with Gasteiger partial charge in [-0.05, 0) is 25.0 Å². The fraction of sp³-hybridized carbons (Fsp3) is 0.400. The predicted molar refractivity (Wildman–Crippen MR) is 76.1 cm³/mol. The number of ether oxygens (including phenoxy) is 1. The van der Waals surface area contributed by atoms with E-state index in [0.29, 0.717) is 12.4 Å². The number of nitrogen functional groups attached to an aromatic ring is 1. The summed E-state index contributed by atoms with van der Waals surface area (Å²) in [5, 5.41) is 3.87. The zero-order valence-corrected chi connectivity index (χ0v) is 11.5. The fourth-order valence-corrected chi connectivity index (χ4v) is 1.99. The van der Waals surface area contributed by atoms with Gasteiger partial charge in [-0.15, -0.1) is 0 Å². The molecule has 0 radical (unpaired) electrons. The topological polar surface area (TPSA) is 61.3 Å². The van der Waals surface area contributed by atoms with Crippen molar-refractivity contribution in [1.82, 2.24) is 5.16 Å². The maximum Gasteiger partial charge on any atom is 0.172 e. The molecule has 1 aromatic heterocycles. The molecule has 0 atom stereocenters. The van der Waals surface area contributed by atoms with E-state index in [2.05, 4.69) is 19.0 Å². The second-order valence-electron chi connectivity index (χ2n) is 4.50. The molecule has 0 fully saturated rings. The normalized spacial score (nSPS) is 10.6. The van der Waals surface area contributed by atoms with Gasteiger partial charge in [-0.3, -0.25) is 0 Å². The van der Waals surface area contributed by atoms with E-state index in [9.17, 15) is 0 Å². The van der Waals surface area contributed by atoms with Gasteiger partial charge in [-0.1, -0.05) is 37.6 Å². The molecule has 0 aliphatic heterocycles. The van der Waals surface area contributed by atoms with Gasteiger partial charge in [0.05, 0.1) is 6.61 Å². The molecule has 0 bridgehead atoms. The Bertz CT molecular complexity index is 535. The first kappa shape index (κ1) is 13.5. The van der Waals surface area contributed by atoms with Crippen LogP contribution >= 0.6 is 0 Å². The molecule has 102 valence electrons. The molecule has 4 nitrogen and oxygen atoms in total. The number of benzene rings is 1. The lowest BCUT2D eigenvalue weighted by Gasteiger charge is -2.06. The minimum absolute atomic E-state index is 0.483. The molecule has 4 heteroatoms. The molecule has 2 aromatic rings. The van der Waals surface area contributed by atoms with Gasteiger partial charge < -0.3 is 15.0 Å². The SMILES string of the molecule is CCCOc1cccc(-c2onc(N)c2CCC)c1. The lowest BCUT2D eigenvalue weighted by molar-refractivity contribution is 0.317. The Kier molecular flexibility index (Phi) is 4.44. The summed E-state index contributed by atoms with van der Waals surface area (Å²) in [4.78, 5) is 0. The summed E-state index contributed by atoms with van der Waals surface area (Å²) in [5.74, 6) is 2.08. The van der Waals surface area contributed by atoms with Crippen molar-refractivity contribution in [3.05, 3.63) is 29.8 Å². The molecule has 0 saturated carbocycles. The number of hydrogen-bond acceptors (Lipinski definition) is 4. The molecule has 2 rings (SSSR count). The first-order chi connectivity index (χ1) is 9.26. The summed E-state index contributed by atoms with van der Waals surface area (Å²) in [6, 6.07) is 7.85. The van der Waals surface area contributed by atoms with Crippen molar-refractivity contribution in [3.63, 3.8) is 0 Å². The molecule has 19 heavy (non-hydrogen) atoms. The van der Waals surface area contributed by atoms with Gasteiger partial charge in [0.15, 0.2) is 11.6 Å². The summed E-state index contributed by atoms with van der Waals surface area (Å²) in [6.07, 6.45) is 2.86. The first-order valence-electron chi connectivity index (χ1n) is 6.73. The number of hydrogen-bond donors (Lipinski definition) is 1. The van der Waals surface area contributed by atoms with Crippen molar-refractivity contribution in [2.45, 2.75) is 33.1 Å². The Hall–Kier alpha value is -1.97. The summed E-state index contributed by atoms with van der Waals surface area (Å²) >= 11 is 0. The van der Waals surface area contributed by atoms with Crippen LogP contribution in [-0.4, -0.2) is 11.8 Å². The fourth-order valence-electron chi connectivity index (χ4n) is 1.99. The van der Waals surface area contributed by atoms with Crippen LogP contribution in [0.25, 0.3) is 11.3 Å². The number of anilines is 1. The molecular formula is C15H20N2O2. The number of aromatic nitrogens is 1. The van der Waals surface area contributed by atoms with Gasteiger partial charge in [0, 0.05) is 11.1 Å². The van der Waals surface area contributed by atoms with Gasteiger partial charge in [0.1, 0.15) is 5.75 Å². The van der Waals surface area contributed by atoms with Crippen LogP contribution in [0.2, 0.25) is 0 Å². The Morgan fingerprint density at radius 1 is 1.26 bits per heavy atom. The zero-order valence-electron chi connectivity index (χ0n) is 11.5. The third-order valence-corrected chi connectivity index (χ3v) is 2.89. The number of rotatable bonds is 6. The van der Waals surface area contributed by atoms with Gasteiger partial charge in [0.2, 0.25) is 0 Å². The summed E-state index contributed by atoms with van der Waals surface area (Å²) in [6.45, 7) is 4.90. The molecule has 0 amide bonds. The van der Waals surface area contributed by atoms with Crippen molar-refractivity contribution in [2.75, 3.05) is 12.3 Å². The van der Waals surface area contributed by atoms with Crippen LogP contribution in [0.4, 0.5) is 5.82 Å². The third-order valence-electron chi connectivity index (χ3n) is 2.89. The van der Waals surface area contributed by atoms with Crippen LogP contribution in [0.1, 0.15) is 32.3 Å². The lowest BCUT2D eigenvalue weighted by Crippen LogP contribution is -1.95. The van der Waals surface area contributed by atoms with E-state index >= 15 is 0 Å². The molecule has 0 aliphatic carbocycles. The highest BCUT2D eigenvalue weighted by molar-refractivity contribution is 5.67. The minimum atomic E-state index is 0.483. The average Bonchev–Trinajstić information content (AvgIpc) is 2.79. The predicted octanol–water partition coefficient (Wildman–Crippen LogP) is 3.67. The van der Waals surface area contributed by atoms with Crippen LogP contribution in [-0.2, 0) is 6.42 Å². The lowest BCUT2D eigenvalue weighted by atomic mass is 10.0. The van der Waals surface area contributed by atoms with E-state index in [0.717, 1.165) is 41.9 Å². The van der Waals surface area contributed by atoms with Crippen LogP contribution in [0, 0.1) is 0 Å². The Morgan fingerprint density at radius 3 is 2.84 bits per heavy atom. The van der Waals surface area contributed by atoms with Gasteiger partial charge >= 0.3 is 0 Å². The molecule has 0 aliphatic rings. The highest BCUT2D eigenvalue weighted by Gasteiger charge is 2.15. The Morgan fingerprint density at radius 2 is 2.11 bits per heavy atom. The molecule has 2 N–H and O–H groups in total.